The molecule has 1 aromatic carbocycles. The second-order valence-corrected chi connectivity index (χ2v) is 4.84. The lowest BCUT2D eigenvalue weighted by Crippen LogP contribution is -2.05. The number of nitrogens with zero attached hydrogens (tertiary/aromatic N) is 2. The molecule has 0 saturated heterocycles. The molecule has 0 bridgehead atoms. The summed E-state index contributed by atoms with van der Waals surface area (Å²) in [5.41, 5.74) is 0.597. The van der Waals surface area contributed by atoms with Crippen molar-refractivity contribution >= 4 is 15.9 Å². The largest absolute Gasteiger partial charge is 0.416 e. The Hall–Kier alpha value is -1.30. The van der Waals surface area contributed by atoms with Crippen molar-refractivity contribution in [3.63, 3.8) is 0 Å². The van der Waals surface area contributed by atoms with Gasteiger partial charge in [-0.1, -0.05) is 6.07 Å². The number of aromatic nitrogens is 2. The Labute approximate surface area is 111 Å². The number of hydrogen-bond acceptors (Lipinski definition) is 1. The summed E-state index contributed by atoms with van der Waals surface area (Å²) >= 11 is 3.24. The first kappa shape index (κ1) is 13.1. The Bertz CT molecular complexity index is 587. The molecule has 0 N–H and O–H groups in total. The predicted octanol–water partition coefficient (Wildman–Crippen LogP) is 4.18. The maximum absolute atomic E-state index is 12.6. The third kappa shape index (κ3) is 2.43. The van der Waals surface area contributed by atoms with E-state index in [0.29, 0.717) is 21.6 Å². The highest BCUT2D eigenvalue weighted by Crippen LogP contribution is 2.33. The molecule has 96 valence electrons. The average molecular weight is 319 g/mol. The van der Waals surface area contributed by atoms with Crippen LogP contribution in [-0.4, -0.2) is 9.55 Å². The van der Waals surface area contributed by atoms with E-state index in [4.69, 9.17) is 0 Å². The van der Waals surface area contributed by atoms with Crippen molar-refractivity contribution in [3.05, 3.63) is 40.1 Å². The highest BCUT2D eigenvalue weighted by atomic mass is 79.9. The van der Waals surface area contributed by atoms with Crippen LogP contribution in [0.5, 0.6) is 0 Å². The minimum atomic E-state index is -4.31. The molecule has 0 fully saturated rings. The van der Waals surface area contributed by atoms with Crippen LogP contribution in [0.25, 0.3) is 11.4 Å². The number of benzene rings is 1. The van der Waals surface area contributed by atoms with Gasteiger partial charge >= 0.3 is 6.18 Å². The van der Waals surface area contributed by atoms with E-state index >= 15 is 0 Å². The third-order valence-electron chi connectivity index (χ3n) is 2.64. The Kier molecular flexibility index (Phi) is 3.23. The average Bonchev–Trinajstić information content (AvgIpc) is 2.56. The van der Waals surface area contributed by atoms with E-state index < -0.39 is 11.7 Å². The molecule has 0 atom stereocenters. The summed E-state index contributed by atoms with van der Waals surface area (Å²) in [5.74, 6) is 0.632. The first-order chi connectivity index (χ1) is 8.29. The van der Waals surface area contributed by atoms with Crippen LogP contribution in [0.15, 0.2) is 29.0 Å². The van der Waals surface area contributed by atoms with Crippen LogP contribution in [0.2, 0.25) is 0 Å². The Morgan fingerprint density at radius 2 is 1.94 bits per heavy atom. The van der Waals surface area contributed by atoms with Crippen LogP contribution in [0.1, 0.15) is 11.1 Å². The number of alkyl halides is 3. The van der Waals surface area contributed by atoms with Crippen LogP contribution in [0.4, 0.5) is 13.2 Å². The number of rotatable bonds is 1. The van der Waals surface area contributed by atoms with E-state index in [0.717, 1.165) is 12.1 Å². The second kappa shape index (κ2) is 4.42. The lowest BCUT2D eigenvalue weighted by atomic mass is 10.0. The van der Waals surface area contributed by atoms with E-state index in [-0.39, 0.29) is 0 Å². The summed E-state index contributed by atoms with van der Waals surface area (Å²) in [7, 11) is 1.80. The fourth-order valence-electron chi connectivity index (χ4n) is 1.77. The zero-order valence-electron chi connectivity index (χ0n) is 9.72. The molecule has 0 unspecified atom stereocenters. The van der Waals surface area contributed by atoms with E-state index in [1.165, 1.54) is 6.07 Å². The monoisotopic (exact) mass is 318 g/mol. The predicted molar refractivity (Wildman–Crippen MR) is 66.1 cm³/mol. The molecule has 2 aromatic rings. The third-order valence-corrected chi connectivity index (χ3v) is 3.02. The molecule has 0 saturated carbocycles. The summed E-state index contributed by atoms with van der Waals surface area (Å²) in [6.07, 6.45) is -2.56. The lowest BCUT2D eigenvalue weighted by Gasteiger charge is -2.10. The Balaban J connectivity index is 2.51. The smallest absolute Gasteiger partial charge is 0.333 e. The molecule has 2 nitrogen and oxygen atoms in total. The normalized spacial score (nSPS) is 11.9. The number of aryl methyl sites for hydroxylation is 2. The first-order valence-corrected chi connectivity index (χ1v) is 5.95. The number of imidazole rings is 1. The van der Waals surface area contributed by atoms with Crippen LogP contribution >= 0.6 is 15.9 Å². The molecule has 0 aliphatic rings. The minimum absolute atomic E-state index is 0.547. The van der Waals surface area contributed by atoms with Crippen molar-refractivity contribution in [2.45, 2.75) is 13.1 Å². The van der Waals surface area contributed by atoms with Crippen molar-refractivity contribution in [1.82, 2.24) is 9.55 Å². The summed E-state index contributed by atoms with van der Waals surface area (Å²) in [5, 5.41) is 0. The zero-order chi connectivity index (χ0) is 13.5. The highest BCUT2D eigenvalue weighted by molar-refractivity contribution is 9.10. The van der Waals surface area contributed by atoms with Crippen LogP contribution in [0.3, 0.4) is 0 Å². The van der Waals surface area contributed by atoms with Gasteiger partial charge in [-0.25, -0.2) is 4.98 Å². The van der Waals surface area contributed by atoms with Gasteiger partial charge in [-0.3, -0.25) is 0 Å². The van der Waals surface area contributed by atoms with Crippen LogP contribution < -0.4 is 0 Å². The van der Waals surface area contributed by atoms with Gasteiger partial charge in [-0.2, -0.15) is 13.2 Å². The van der Waals surface area contributed by atoms with Gasteiger partial charge in [0.05, 0.1) is 5.56 Å². The summed E-state index contributed by atoms with van der Waals surface area (Å²) in [6.45, 7) is 1.65. The number of hydrogen-bond donors (Lipinski definition) is 0. The zero-order valence-corrected chi connectivity index (χ0v) is 11.3. The topological polar surface area (TPSA) is 17.8 Å². The lowest BCUT2D eigenvalue weighted by molar-refractivity contribution is -0.137. The van der Waals surface area contributed by atoms with Gasteiger partial charge < -0.3 is 4.57 Å². The van der Waals surface area contributed by atoms with Crippen molar-refractivity contribution in [2.24, 2.45) is 7.05 Å². The fraction of sp³-hybridized carbons (Fsp3) is 0.250. The number of halogens is 4. The van der Waals surface area contributed by atoms with Gasteiger partial charge in [0.25, 0.3) is 0 Å². The summed E-state index contributed by atoms with van der Waals surface area (Å²) in [4.78, 5) is 4.23. The molecular weight excluding hydrogens is 309 g/mol. The van der Waals surface area contributed by atoms with Crippen molar-refractivity contribution in [1.29, 1.82) is 0 Å². The highest BCUT2D eigenvalue weighted by Gasteiger charge is 2.30. The molecule has 6 heteroatoms. The van der Waals surface area contributed by atoms with Crippen LogP contribution in [-0.2, 0) is 13.2 Å². The van der Waals surface area contributed by atoms with Gasteiger partial charge in [0, 0.05) is 18.8 Å². The van der Waals surface area contributed by atoms with Gasteiger partial charge in [-0.15, -0.1) is 0 Å². The SMILES string of the molecule is Cc1cc(C(F)(F)F)ccc1-c1nc(Br)cn1C. The standard InChI is InChI=1S/C12H10BrF3N2/c1-7-5-8(12(14,15)16)3-4-9(7)11-17-10(13)6-18(11)2/h3-6H,1-2H3. The molecule has 18 heavy (non-hydrogen) atoms. The van der Waals surface area contributed by atoms with Crippen molar-refractivity contribution in [3.8, 4) is 11.4 Å². The molecule has 1 heterocycles. The van der Waals surface area contributed by atoms with Gasteiger partial charge in [-0.05, 0) is 40.5 Å². The molecule has 2 rings (SSSR count). The summed E-state index contributed by atoms with van der Waals surface area (Å²) < 4.78 is 40.1. The first-order valence-electron chi connectivity index (χ1n) is 5.16. The van der Waals surface area contributed by atoms with E-state index in [1.54, 1.807) is 24.7 Å². The van der Waals surface area contributed by atoms with Gasteiger partial charge in [0.1, 0.15) is 10.4 Å². The van der Waals surface area contributed by atoms with Gasteiger partial charge in [0.2, 0.25) is 0 Å². The Morgan fingerprint density at radius 3 is 2.39 bits per heavy atom. The van der Waals surface area contributed by atoms with E-state index in [2.05, 4.69) is 20.9 Å². The van der Waals surface area contributed by atoms with E-state index in [9.17, 15) is 13.2 Å². The van der Waals surface area contributed by atoms with Crippen molar-refractivity contribution in [2.75, 3.05) is 0 Å². The van der Waals surface area contributed by atoms with E-state index in [1.807, 2.05) is 0 Å². The second-order valence-electron chi connectivity index (χ2n) is 4.03. The summed E-state index contributed by atoms with van der Waals surface area (Å²) in [6, 6.07) is 3.66. The molecule has 0 amide bonds. The van der Waals surface area contributed by atoms with Gasteiger partial charge in [0.15, 0.2) is 0 Å². The molecular formula is C12H10BrF3N2. The maximum atomic E-state index is 12.6. The molecule has 0 radical (unpaired) electrons. The molecule has 0 aliphatic heterocycles. The van der Waals surface area contributed by atoms with Crippen LogP contribution in [0, 0.1) is 6.92 Å². The minimum Gasteiger partial charge on any atom is -0.333 e. The fourth-order valence-corrected chi connectivity index (χ4v) is 2.25. The molecule has 1 aromatic heterocycles. The molecule has 0 spiro atoms. The quantitative estimate of drug-likeness (QED) is 0.771. The molecule has 0 aliphatic carbocycles. The maximum Gasteiger partial charge on any atom is 0.416 e. The van der Waals surface area contributed by atoms with Crippen molar-refractivity contribution < 1.29 is 13.2 Å². The Morgan fingerprint density at radius 1 is 1.28 bits per heavy atom.